The first-order valence-corrected chi connectivity index (χ1v) is 6.52. The highest BCUT2D eigenvalue weighted by atomic mass is 32.2. The fourth-order valence-corrected chi connectivity index (χ4v) is 1.93. The first kappa shape index (κ1) is 11.9. The van der Waals surface area contributed by atoms with Crippen LogP contribution >= 0.6 is 0 Å². The van der Waals surface area contributed by atoms with Gasteiger partial charge < -0.3 is 5.73 Å². The molecular weight excluding hydrogens is 210 g/mol. The van der Waals surface area contributed by atoms with Crippen LogP contribution in [0.15, 0.2) is 35.7 Å². The summed E-state index contributed by atoms with van der Waals surface area (Å²) in [5.74, 6) is 0. The predicted molar refractivity (Wildman–Crippen MR) is 62.3 cm³/mol. The van der Waals surface area contributed by atoms with Gasteiger partial charge in [-0.05, 0) is 36.2 Å². The first-order chi connectivity index (χ1) is 6.95. The van der Waals surface area contributed by atoms with E-state index in [2.05, 4.69) is 6.58 Å². The summed E-state index contributed by atoms with van der Waals surface area (Å²) >= 11 is 0. The molecule has 82 valence electrons. The molecule has 1 aromatic rings. The highest BCUT2D eigenvalue weighted by Gasteiger charge is 2.08. The third-order valence-electron chi connectivity index (χ3n) is 2.12. The molecule has 0 atom stereocenters. The van der Waals surface area contributed by atoms with Crippen molar-refractivity contribution in [1.82, 2.24) is 0 Å². The zero-order valence-electron chi connectivity index (χ0n) is 8.73. The number of nitrogens with two attached hydrogens (primary N) is 1. The van der Waals surface area contributed by atoms with Gasteiger partial charge in [0, 0.05) is 6.26 Å². The highest BCUT2D eigenvalue weighted by molar-refractivity contribution is 7.90. The fraction of sp³-hybridized carbons (Fsp3) is 0.273. The van der Waals surface area contributed by atoms with E-state index in [4.69, 9.17) is 5.73 Å². The molecule has 0 unspecified atom stereocenters. The minimum Gasteiger partial charge on any atom is -0.330 e. The van der Waals surface area contributed by atoms with Crippen molar-refractivity contribution in [3.8, 4) is 0 Å². The molecule has 15 heavy (non-hydrogen) atoms. The molecule has 0 aromatic heterocycles. The Hall–Kier alpha value is -1.13. The molecule has 1 rings (SSSR count). The van der Waals surface area contributed by atoms with Crippen molar-refractivity contribution < 1.29 is 8.42 Å². The van der Waals surface area contributed by atoms with Gasteiger partial charge in [-0.15, -0.1) is 0 Å². The molecule has 0 heterocycles. The van der Waals surface area contributed by atoms with Crippen LogP contribution in [-0.2, 0) is 9.84 Å². The number of hydrogen-bond acceptors (Lipinski definition) is 3. The van der Waals surface area contributed by atoms with Crippen molar-refractivity contribution in [2.45, 2.75) is 11.3 Å². The van der Waals surface area contributed by atoms with E-state index in [1.807, 2.05) is 6.07 Å². The van der Waals surface area contributed by atoms with Gasteiger partial charge in [-0.2, -0.15) is 0 Å². The molecule has 4 heteroatoms. The van der Waals surface area contributed by atoms with E-state index in [1.165, 1.54) is 6.26 Å². The van der Waals surface area contributed by atoms with Crippen molar-refractivity contribution >= 4 is 15.4 Å². The highest BCUT2D eigenvalue weighted by Crippen LogP contribution is 2.19. The third-order valence-corrected chi connectivity index (χ3v) is 3.23. The number of hydrogen-bond donors (Lipinski definition) is 1. The Kier molecular flexibility index (Phi) is 3.66. The van der Waals surface area contributed by atoms with E-state index in [0.717, 1.165) is 11.1 Å². The lowest BCUT2D eigenvalue weighted by molar-refractivity contribution is 0.602. The maximum Gasteiger partial charge on any atom is 0.175 e. The summed E-state index contributed by atoms with van der Waals surface area (Å²) in [6, 6.07) is 6.77. The summed E-state index contributed by atoms with van der Waals surface area (Å²) in [5.41, 5.74) is 7.11. The van der Waals surface area contributed by atoms with Gasteiger partial charge >= 0.3 is 0 Å². The van der Waals surface area contributed by atoms with Gasteiger partial charge in [-0.3, -0.25) is 0 Å². The Bertz CT molecular complexity index is 463. The van der Waals surface area contributed by atoms with Crippen LogP contribution in [0.4, 0.5) is 0 Å². The Morgan fingerprint density at radius 3 is 2.67 bits per heavy atom. The number of sulfone groups is 1. The zero-order chi connectivity index (χ0) is 11.5. The zero-order valence-corrected chi connectivity index (χ0v) is 9.55. The van der Waals surface area contributed by atoms with Gasteiger partial charge in [-0.1, -0.05) is 18.7 Å². The SMILES string of the molecule is C=C(CCN)c1cccc(S(C)(=O)=O)c1. The lowest BCUT2D eigenvalue weighted by Crippen LogP contribution is -2.01. The molecule has 0 saturated carbocycles. The standard InChI is InChI=1S/C11H15NO2S/c1-9(6-7-12)10-4-3-5-11(8-10)15(2,13)14/h3-5,8H,1,6-7,12H2,2H3. The molecule has 0 saturated heterocycles. The van der Waals surface area contributed by atoms with E-state index in [-0.39, 0.29) is 0 Å². The minimum atomic E-state index is -3.15. The molecule has 0 aliphatic heterocycles. The van der Waals surface area contributed by atoms with Gasteiger partial charge in [0.1, 0.15) is 0 Å². The summed E-state index contributed by atoms with van der Waals surface area (Å²) in [4.78, 5) is 0.318. The summed E-state index contributed by atoms with van der Waals surface area (Å²) in [6.45, 7) is 4.38. The first-order valence-electron chi connectivity index (χ1n) is 4.63. The van der Waals surface area contributed by atoms with Gasteiger partial charge in [-0.25, -0.2) is 8.42 Å². The molecule has 0 aliphatic carbocycles. The smallest absolute Gasteiger partial charge is 0.175 e. The quantitative estimate of drug-likeness (QED) is 0.843. The normalized spacial score (nSPS) is 11.3. The molecule has 0 spiro atoms. The molecule has 0 bridgehead atoms. The van der Waals surface area contributed by atoms with Crippen molar-refractivity contribution in [2.24, 2.45) is 5.73 Å². The average Bonchev–Trinajstić information content (AvgIpc) is 2.17. The van der Waals surface area contributed by atoms with E-state index < -0.39 is 9.84 Å². The summed E-state index contributed by atoms with van der Waals surface area (Å²) in [7, 11) is -3.15. The molecule has 1 aromatic carbocycles. The maximum atomic E-state index is 11.3. The minimum absolute atomic E-state index is 0.318. The Balaban J connectivity index is 3.09. The fourth-order valence-electron chi connectivity index (χ4n) is 1.27. The van der Waals surface area contributed by atoms with E-state index >= 15 is 0 Å². The van der Waals surface area contributed by atoms with Crippen LogP contribution in [0.25, 0.3) is 5.57 Å². The number of benzene rings is 1. The molecule has 0 amide bonds. The molecule has 0 radical (unpaired) electrons. The second-order valence-electron chi connectivity index (χ2n) is 3.44. The third kappa shape index (κ3) is 3.18. The topological polar surface area (TPSA) is 60.2 Å². The van der Waals surface area contributed by atoms with Crippen molar-refractivity contribution in [3.63, 3.8) is 0 Å². The monoisotopic (exact) mass is 225 g/mol. The molecule has 2 N–H and O–H groups in total. The Morgan fingerprint density at radius 2 is 2.13 bits per heavy atom. The summed E-state index contributed by atoms with van der Waals surface area (Å²) < 4.78 is 22.6. The second kappa shape index (κ2) is 4.59. The van der Waals surface area contributed by atoms with E-state index in [9.17, 15) is 8.42 Å². The van der Waals surface area contributed by atoms with Gasteiger partial charge in [0.15, 0.2) is 9.84 Å². The largest absolute Gasteiger partial charge is 0.330 e. The van der Waals surface area contributed by atoms with E-state index in [1.54, 1.807) is 18.2 Å². The van der Waals surface area contributed by atoms with Crippen LogP contribution in [-0.4, -0.2) is 21.2 Å². The predicted octanol–water partition coefficient (Wildman–Crippen LogP) is 1.45. The van der Waals surface area contributed by atoms with Crippen LogP contribution in [0.1, 0.15) is 12.0 Å². The lowest BCUT2D eigenvalue weighted by atomic mass is 10.1. The van der Waals surface area contributed by atoms with Crippen molar-refractivity contribution in [1.29, 1.82) is 0 Å². The Morgan fingerprint density at radius 1 is 1.47 bits per heavy atom. The van der Waals surface area contributed by atoms with Crippen molar-refractivity contribution in [2.75, 3.05) is 12.8 Å². The van der Waals surface area contributed by atoms with Gasteiger partial charge in [0.2, 0.25) is 0 Å². The molecule has 0 aliphatic rings. The maximum absolute atomic E-state index is 11.3. The van der Waals surface area contributed by atoms with Crippen LogP contribution in [0.3, 0.4) is 0 Å². The summed E-state index contributed by atoms with van der Waals surface area (Å²) in [5, 5.41) is 0. The molecule has 0 fully saturated rings. The van der Waals surface area contributed by atoms with Gasteiger partial charge in [0.05, 0.1) is 4.90 Å². The molecule has 3 nitrogen and oxygen atoms in total. The molecular formula is C11H15NO2S. The van der Waals surface area contributed by atoms with Crippen LogP contribution in [0.5, 0.6) is 0 Å². The van der Waals surface area contributed by atoms with Crippen LogP contribution in [0.2, 0.25) is 0 Å². The van der Waals surface area contributed by atoms with Crippen LogP contribution < -0.4 is 5.73 Å². The summed E-state index contributed by atoms with van der Waals surface area (Å²) in [6.07, 6.45) is 1.87. The lowest BCUT2D eigenvalue weighted by Gasteiger charge is -2.05. The Labute approximate surface area is 90.5 Å². The van der Waals surface area contributed by atoms with Gasteiger partial charge in [0.25, 0.3) is 0 Å². The van der Waals surface area contributed by atoms with E-state index in [0.29, 0.717) is 17.9 Å². The van der Waals surface area contributed by atoms with Crippen LogP contribution in [0, 0.1) is 0 Å². The second-order valence-corrected chi connectivity index (χ2v) is 5.46. The van der Waals surface area contributed by atoms with Crippen molar-refractivity contribution in [3.05, 3.63) is 36.4 Å². The number of rotatable bonds is 4. The average molecular weight is 225 g/mol.